The van der Waals surface area contributed by atoms with Gasteiger partial charge in [0, 0.05) is 32.9 Å². The van der Waals surface area contributed by atoms with Gasteiger partial charge in [-0.05, 0) is 13.5 Å². The van der Waals surface area contributed by atoms with Crippen molar-refractivity contribution in [2.75, 3.05) is 13.1 Å². The van der Waals surface area contributed by atoms with Crippen LogP contribution < -0.4 is 21.3 Å². The number of aromatic nitrogens is 2. The first-order chi connectivity index (χ1) is 9.20. The lowest BCUT2D eigenvalue weighted by molar-refractivity contribution is 0.532. The van der Waals surface area contributed by atoms with Crippen LogP contribution in [-0.4, -0.2) is 36.7 Å². The summed E-state index contributed by atoms with van der Waals surface area (Å²) in [6, 6.07) is -0.0637. The minimum Gasteiger partial charge on any atom is -0.313 e. The van der Waals surface area contributed by atoms with Crippen LogP contribution in [0.4, 0.5) is 0 Å². The molecule has 0 fully saturated rings. The van der Waals surface area contributed by atoms with Crippen LogP contribution in [0.1, 0.15) is 13.8 Å². The molecule has 0 aliphatic heterocycles. The molecule has 20 heavy (non-hydrogen) atoms. The molecule has 1 rings (SSSR count). The maximum atomic E-state index is 12.1. The molecule has 114 valence electrons. The average molecular weight is 304 g/mol. The lowest BCUT2D eigenvalue weighted by atomic mass is 10.3. The molecule has 1 aromatic heterocycles. The number of rotatable bonds is 6. The first-order valence-electron chi connectivity index (χ1n) is 6.20. The third-order valence-corrected chi connectivity index (χ3v) is 4.24. The van der Waals surface area contributed by atoms with Gasteiger partial charge in [-0.15, -0.1) is 0 Å². The lowest BCUT2D eigenvalue weighted by Gasteiger charge is -2.14. The van der Waals surface area contributed by atoms with E-state index in [2.05, 4.69) is 10.0 Å². The van der Waals surface area contributed by atoms with Crippen LogP contribution in [0, 0.1) is 0 Å². The Morgan fingerprint density at radius 2 is 1.90 bits per heavy atom. The van der Waals surface area contributed by atoms with E-state index < -0.39 is 26.2 Å². The highest BCUT2D eigenvalue weighted by Crippen LogP contribution is 1.99. The van der Waals surface area contributed by atoms with Crippen LogP contribution in [-0.2, 0) is 24.1 Å². The molecule has 9 heteroatoms. The molecule has 0 saturated heterocycles. The van der Waals surface area contributed by atoms with E-state index in [9.17, 15) is 18.0 Å². The molecule has 2 N–H and O–H groups in total. The van der Waals surface area contributed by atoms with Crippen molar-refractivity contribution < 1.29 is 8.42 Å². The zero-order chi connectivity index (χ0) is 15.5. The van der Waals surface area contributed by atoms with Crippen molar-refractivity contribution in [2.24, 2.45) is 14.1 Å². The average Bonchev–Trinajstić information content (AvgIpc) is 2.38. The normalized spacial score (nSPS) is 13.4. The Kier molecular flexibility index (Phi) is 5.26. The molecule has 0 amide bonds. The smallest absolute Gasteiger partial charge is 0.313 e. The predicted molar refractivity (Wildman–Crippen MR) is 75.3 cm³/mol. The number of hydrogen-bond acceptors (Lipinski definition) is 5. The van der Waals surface area contributed by atoms with Gasteiger partial charge < -0.3 is 9.88 Å². The molecule has 8 nitrogen and oxygen atoms in total. The van der Waals surface area contributed by atoms with Crippen molar-refractivity contribution in [1.29, 1.82) is 0 Å². The standard InChI is InChI=1S/C11H20N4O4S/c1-5-12-8(2)6-13-20(18,19)9-7-14(3)11(17)15(4)10(9)16/h7-8,12-13H,5-6H2,1-4H3/t8-/m1/s1. The Morgan fingerprint density at radius 1 is 1.30 bits per heavy atom. The molecule has 1 atom stereocenters. The van der Waals surface area contributed by atoms with Crippen LogP contribution in [0.15, 0.2) is 20.7 Å². The SMILES string of the molecule is CCN[C@H](C)CNS(=O)(=O)c1cn(C)c(=O)n(C)c1=O. The zero-order valence-electron chi connectivity index (χ0n) is 12.0. The monoisotopic (exact) mass is 304 g/mol. The third kappa shape index (κ3) is 3.56. The van der Waals surface area contributed by atoms with E-state index in [0.29, 0.717) is 6.54 Å². The van der Waals surface area contributed by atoms with Crippen LogP contribution in [0.5, 0.6) is 0 Å². The molecule has 0 aliphatic rings. The Morgan fingerprint density at radius 3 is 2.45 bits per heavy atom. The molecular weight excluding hydrogens is 284 g/mol. The summed E-state index contributed by atoms with van der Waals surface area (Å²) in [6.07, 6.45) is 1.03. The van der Waals surface area contributed by atoms with Crippen molar-refractivity contribution in [3.8, 4) is 0 Å². The first-order valence-corrected chi connectivity index (χ1v) is 7.68. The second-order valence-corrected chi connectivity index (χ2v) is 6.30. The van der Waals surface area contributed by atoms with Gasteiger partial charge in [0.25, 0.3) is 5.56 Å². The number of aryl methyl sites for hydroxylation is 1. The quantitative estimate of drug-likeness (QED) is 0.656. The van der Waals surface area contributed by atoms with Crippen molar-refractivity contribution in [2.45, 2.75) is 24.8 Å². The zero-order valence-corrected chi connectivity index (χ0v) is 12.8. The van der Waals surface area contributed by atoms with E-state index in [1.54, 1.807) is 0 Å². The molecule has 0 saturated carbocycles. The second kappa shape index (κ2) is 6.33. The van der Waals surface area contributed by atoms with Crippen molar-refractivity contribution in [3.05, 3.63) is 27.0 Å². The van der Waals surface area contributed by atoms with E-state index in [0.717, 1.165) is 15.3 Å². The Hall–Kier alpha value is -1.45. The summed E-state index contributed by atoms with van der Waals surface area (Å²) in [4.78, 5) is 23.0. The third-order valence-electron chi connectivity index (χ3n) is 2.84. The molecule has 0 aromatic carbocycles. The predicted octanol–water partition coefficient (Wildman–Crippen LogP) is -1.64. The highest BCUT2D eigenvalue weighted by molar-refractivity contribution is 7.89. The number of sulfonamides is 1. The maximum absolute atomic E-state index is 12.1. The summed E-state index contributed by atoms with van der Waals surface area (Å²) in [7, 11) is -1.32. The summed E-state index contributed by atoms with van der Waals surface area (Å²) in [5, 5.41) is 3.05. The minimum atomic E-state index is -3.95. The summed E-state index contributed by atoms with van der Waals surface area (Å²) in [5.74, 6) is 0. The number of hydrogen-bond donors (Lipinski definition) is 2. The second-order valence-electron chi connectivity index (χ2n) is 4.56. The van der Waals surface area contributed by atoms with Crippen LogP contribution in [0.2, 0.25) is 0 Å². The highest BCUT2D eigenvalue weighted by Gasteiger charge is 2.21. The van der Waals surface area contributed by atoms with Gasteiger partial charge in [0.05, 0.1) is 0 Å². The van der Waals surface area contributed by atoms with Gasteiger partial charge in [-0.3, -0.25) is 9.36 Å². The summed E-state index contributed by atoms with van der Waals surface area (Å²) < 4.78 is 28.4. The Bertz CT molecular complexity index is 689. The largest absolute Gasteiger partial charge is 0.330 e. The van der Waals surface area contributed by atoms with E-state index in [4.69, 9.17) is 0 Å². The number of nitrogens with zero attached hydrogens (tertiary/aromatic N) is 2. The molecule has 0 radical (unpaired) electrons. The van der Waals surface area contributed by atoms with E-state index in [1.807, 2.05) is 13.8 Å². The van der Waals surface area contributed by atoms with Gasteiger partial charge in [0.2, 0.25) is 10.0 Å². The number of likely N-dealkylation sites (N-methyl/N-ethyl adjacent to an activating group) is 1. The van der Waals surface area contributed by atoms with Gasteiger partial charge >= 0.3 is 5.69 Å². The van der Waals surface area contributed by atoms with Gasteiger partial charge in [0.1, 0.15) is 0 Å². The number of nitrogens with one attached hydrogen (secondary N) is 2. The van der Waals surface area contributed by atoms with Crippen molar-refractivity contribution in [3.63, 3.8) is 0 Å². The van der Waals surface area contributed by atoms with Crippen molar-refractivity contribution >= 4 is 10.0 Å². The van der Waals surface area contributed by atoms with Crippen LogP contribution in [0.25, 0.3) is 0 Å². The summed E-state index contributed by atoms with van der Waals surface area (Å²) in [6.45, 7) is 4.60. The van der Waals surface area contributed by atoms with Gasteiger partial charge in [-0.25, -0.2) is 17.9 Å². The van der Waals surface area contributed by atoms with Gasteiger partial charge in [-0.1, -0.05) is 6.92 Å². The van der Waals surface area contributed by atoms with Gasteiger partial charge in [-0.2, -0.15) is 0 Å². The maximum Gasteiger partial charge on any atom is 0.330 e. The Labute approximate surface area is 117 Å². The van der Waals surface area contributed by atoms with Crippen LogP contribution >= 0.6 is 0 Å². The molecule has 0 bridgehead atoms. The molecule has 1 aromatic rings. The van der Waals surface area contributed by atoms with Gasteiger partial charge in [0.15, 0.2) is 4.90 Å². The minimum absolute atomic E-state index is 0.0637. The highest BCUT2D eigenvalue weighted by atomic mass is 32.2. The van der Waals surface area contributed by atoms with E-state index in [-0.39, 0.29) is 12.6 Å². The van der Waals surface area contributed by atoms with Crippen molar-refractivity contribution in [1.82, 2.24) is 19.2 Å². The molecule has 0 aliphatic carbocycles. The fourth-order valence-electron chi connectivity index (χ4n) is 1.69. The summed E-state index contributed by atoms with van der Waals surface area (Å²) >= 11 is 0. The Balaban J connectivity index is 3.12. The molecule has 0 unspecified atom stereocenters. The fraction of sp³-hybridized carbons (Fsp3) is 0.636. The lowest BCUT2D eigenvalue weighted by Crippen LogP contribution is -2.44. The molecule has 0 spiro atoms. The molecular formula is C11H20N4O4S. The topological polar surface area (TPSA) is 102 Å². The first kappa shape index (κ1) is 16.6. The molecule has 1 heterocycles. The fourth-order valence-corrected chi connectivity index (χ4v) is 2.98. The van der Waals surface area contributed by atoms with Crippen LogP contribution in [0.3, 0.4) is 0 Å². The van der Waals surface area contributed by atoms with E-state index in [1.165, 1.54) is 14.1 Å². The van der Waals surface area contributed by atoms with E-state index >= 15 is 0 Å². The summed E-state index contributed by atoms with van der Waals surface area (Å²) in [5.41, 5.74) is -1.41.